The fourth-order valence-corrected chi connectivity index (χ4v) is 4.69. The van der Waals surface area contributed by atoms with Crippen LogP contribution in [0, 0.1) is 6.92 Å². The Morgan fingerprint density at radius 1 is 1.05 bits per heavy atom. The summed E-state index contributed by atoms with van der Waals surface area (Å²) >= 11 is 0. The Balaban J connectivity index is 0.00000205. The van der Waals surface area contributed by atoms with Crippen LogP contribution in [0.15, 0.2) is 67.1 Å². The Labute approximate surface area is 263 Å². The maximum absolute atomic E-state index is 14.0. The van der Waals surface area contributed by atoms with E-state index < -0.39 is 0 Å². The number of carbonyl (C=O) groups excluding carboxylic acids is 2. The van der Waals surface area contributed by atoms with Gasteiger partial charge in [0.15, 0.2) is 0 Å². The van der Waals surface area contributed by atoms with Crippen LogP contribution in [-0.2, 0) is 11.3 Å². The lowest BCUT2D eigenvalue weighted by atomic mass is 10.0. The number of hydrogen-bond donors (Lipinski definition) is 2. The minimum absolute atomic E-state index is 0. The van der Waals surface area contributed by atoms with Gasteiger partial charge < -0.3 is 15.5 Å². The number of nitrogens with zero attached hydrogens (tertiary/aromatic N) is 5. The number of pyridine rings is 2. The van der Waals surface area contributed by atoms with Crippen LogP contribution in [0.25, 0.3) is 16.5 Å². The molecule has 1 aromatic carbocycles. The molecule has 1 aliphatic heterocycles. The van der Waals surface area contributed by atoms with Crippen molar-refractivity contribution in [3.05, 3.63) is 95.3 Å². The maximum Gasteiger partial charge on any atom is 0.254 e. The van der Waals surface area contributed by atoms with Gasteiger partial charge in [-0.3, -0.25) is 14.6 Å². The average molecular weight is 631 g/mol. The van der Waals surface area contributed by atoms with E-state index >= 15 is 0 Å². The first kappa shape index (κ1) is 34.6. The van der Waals surface area contributed by atoms with Crippen LogP contribution in [-0.4, -0.2) is 49.7 Å². The molecule has 0 radical (unpaired) electrons. The number of aromatic nitrogens is 4. The highest BCUT2D eigenvalue weighted by molar-refractivity contribution is 5.99. The number of hydrogen-bond acceptors (Lipinski definition) is 7. The number of amides is 2. The summed E-state index contributed by atoms with van der Waals surface area (Å²) in [6.45, 7) is 7.38. The third-order valence-corrected chi connectivity index (χ3v) is 6.83. The van der Waals surface area contributed by atoms with Gasteiger partial charge in [0.2, 0.25) is 5.91 Å². The number of nitrogens with one attached hydrogen (secondary N) is 2. The molecule has 222 valence electrons. The van der Waals surface area contributed by atoms with Crippen LogP contribution in [0.3, 0.4) is 0 Å². The third-order valence-electron chi connectivity index (χ3n) is 6.83. The summed E-state index contributed by atoms with van der Waals surface area (Å²) in [6, 6.07) is 12.7. The monoisotopic (exact) mass is 629 g/mol. The van der Waals surface area contributed by atoms with E-state index in [1.54, 1.807) is 35.5 Å². The second-order valence-corrected chi connectivity index (χ2v) is 9.68. The number of carbonyl (C=O) groups is 2. The summed E-state index contributed by atoms with van der Waals surface area (Å²) in [6.07, 6.45) is 8.41. The standard InChI is InChI=1S/C30H31N7O2.3ClH/c1-19-15-25-16-23(6-8-27(25)36-28(19)35-21(3)38)30(39)37(20(2)29-32-11-4-12-33-29)18-26-7-5-24(17-34-26)22-9-13-31-14-10-22;;;/h4-9,11-12,15-17,20,31H,10,13-14,18H2,1-3H3,(H,35,36,38);3*1H. The van der Waals surface area contributed by atoms with Gasteiger partial charge in [0, 0.05) is 43.0 Å². The van der Waals surface area contributed by atoms with E-state index in [1.165, 1.54) is 12.5 Å². The van der Waals surface area contributed by atoms with Gasteiger partial charge in [-0.1, -0.05) is 12.1 Å². The van der Waals surface area contributed by atoms with Gasteiger partial charge in [-0.25, -0.2) is 15.0 Å². The molecule has 0 aliphatic carbocycles. The molecule has 0 saturated heterocycles. The van der Waals surface area contributed by atoms with Crippen molar-refractivity contribution in [3.8, 4) is 0 Å². The Morgan fingerprint density at radius 3 is 2.45 bits per heavy atom. The lowest BCUT2D eigenvalue weighted by Crippen LogP contribution is -2.34. The molecule has 0 fully saturated rings. The average Bonchev–Trinajstić information content (AvgIpc) is 2.96. The van der Waals surface area contributed by atoms with E-state index in [-0.39, 0.29) is 55.1 Å². The molecule has 9 nitrogen and oxygen atoms in total. The fraction of sp³-hybridized carbons (Fsp3) is 0.267. The van der Waals surface area contributed by atoms with Crippen molar-refractivity contribution in [1.82, 2.24) is 30.2 Å². The van der Waals surface area contributed by atoms with Crippen molar-refractivity contribution in [2.45, 2.75) is 39.8 Å². The van der Waals surface area contributed by atoms with Crippen molar-refractivity contribution in [3.63, 3.8) is 0 Å². The summed E-state index contributed by atoms with van der Waals surface area (Å²) < 4.78 is 0. The van der Waals surface area contributed by atoms with E-state index in [4.69, 9.17) is 4.98 Å². The van der Waals surface area contributed by atoms with Crippen molar-refractivity contribution in [1.29, 1.82) is 0 Å². The number of rotatable bonds is 7. The Hall–Kier alpha value is -3.63. The maximum atomic E-state index is 14.0. The third kappa shape index (κ3) is 8.01. The quantitative estimate of drug-likeness (QED) is 0.268. The summed E-state index contributed by atoms with van der Waals surface area (Å²) in [5, 5.41) is 6.90. The SMILES string of the molecule is CC(=O)Nc1nc2ccc(C(=O)N(Cc3ccc(C4=CCNCC4)cn3)C(C)c3ncccn3)cc2cc1C.Cl.Cl.Cl. The number of anilines is 1. The Kier molecular flexibility index (Phi) is 12.8. The highest BCUT2D eigenvalue weighted by atomic mass is 35.5. The highest BCUT2D eigenvalue weighted by Gasteiger charge is 2.26. The van der Waals surface area contributed by atoms with Gasteiger partial charge in [-0.2, -0.15) is 0 Å². The highest BCUT2D eigenvalue weighted by Crippen LogP contribution is 2.26. The van der Waals surface area contributed by atoms with Crippen LogP contribution in [0.5, 0.6) is 0 Å². The molecule has 3 aromatic heterocycles. The lowest BCUT2D eigenvalue weighted by molar-refractivity contribution is -0.114. The summed E-state index contributed by atoms with van der Waals surface area (Å²) in [4.78, 5) is 45.3. The second kappa shape index (κ2) is 15.6. The molecule has 2 amide bonds. The van der Waals surface area contributed by atoms with Gasteiger partial charge in [-0.05, 0) is 79.9 Å². The number of benzene rings is 1. The molecular formula is C30H34Cl3N7O2. The minimum Gasteiger partial charge on any atom is -0.323 e. The molecule has 4 aromatic rings. The number of halogens is 3. The van der Waals surface area contributed by atoms with Crippen molar-refractivity contribution in [2.75, 3.05) is 18.4 Å². The van der Waals surface area contributed by atoms with E-state index in [0.717, 1.165) is 41.7 Å². The molecule has 0 saturated carbocycles. The Bertz CT molecular complexity index is 1550. The second-order valence-electron chi connectivity index (χ2n) is 9.68. The molecule has 0 bridgehead atoms. The van der Waals surface area contributed by atoms with Crippen LogP contribution < -0.4 is 10.6 Å². The number of aryl methyl sites for hydroxylation is 1. The van der Waals surface area contributed by atoms with Crippen LogP contribution >= 0.6 is 37.2 Å². The van der Waals surface area contributed by atoms with Crippen LogP contribution in [0.2, 0.25) is 0 Å². The topological polar surface area (TPSA) is 113 Å². The first-order valence-corrected chi connectivity index (χ1v) is 13.0. The molecule has 1 aliphatic rings. The molecule has 4 heterocycles. The summed E-state index contributed by atoms with van der Waals surface area (Å²) in [5.74, 6) is 0.729. The zero-order chi connectivity index (χ0) is 27.4. The zero-order valence-electron chi connectivity index (χ0n) is 23.5. The van der Waals surface area contributed by atoms with Gasteiger partial charge in [0.25, 0.3) is 5.91 Å². The van der Waals surface area contributed by atoms with Crippen molar-refractivity contribution < 1.29 is 9.59 Å². The largest absolute Gasteiger partial charge is 0.323 e. The Morgan fingerprint density at radius 2 is 1.81 bits per heavy atom. The normalized spacial score (nSPS) is 13.0. The molecule has 42 heavy (non-hydrogen) atoms. The first-order valence-electron chi connectivity index (χ1n) is 13.0. The molecule has 12 heteroatoms. The summed E-state index contributed by atoms with van der Waals surface area (Å²) in [5.41, 5.74) is 5.20. The predicted octanol–water partition coefficient (Wildman–Crippen LogP) is 5.73. The van der Waals surface area contributed by atoms with Gasteiger partial charge >= 0.3 is 0 Å². The molecule has 5 rings (SSSR count). The van der Waals surface area contributed by atoms with Crippen molar-refractivity contribution in [2.24, 2.45) is 0 Å². The number of fused-ring (bicyclic) bond motifs is 1. The lowest BCUT2D eigenvalue weighted by Gasteiger charge is -2.28. The van der Waals surface area contributed by atoms with E-state index in [0.29, 0.717) is 29.3 Å². The predicted molar refractivity (Wildman–Crippen MR) is 173 cm³/mol. The first-order chi connectivity index (χ1) is 18.9. The van der Waals surface area contributed by atoms with Gasteiger partial charge in [0.1, 0.15) is 11.6 Å². The van der Waals surface area contributed by atoms with E-state index in [1.807, 2.05) is 38.2 Å². The van der Waals surface area contributed by atoms with E-state index in [9.17, 15) is 9.59 Å². The zero-order valence-corrected chi connectivity index (χ0v) is 26.0. The molecular weight excluding hydrogens is 597 g/mol. The smallest absolute Gasteiger partial charge is 0.254 e. The minimum atomic E-state index is -0.384. The molecule has 2 N–H and O–H groups in total. The van der Waals surface area contributed by atoms with Crippen LogP contribution in [0.4, 0.5) is 5.82 Å². The van der Waals surface area contributed by atoms with Gasteiger partial charge in [0.05, 0.1) is 23.8 Å². The molecule has 1 atom stereocenters. The van der Waals surface area contributed by atoms with Crippen LogP contribution in [0.1, 0.15) is 59.3 Å². The summed E-state index contributed by atoms with van der Waals surface area (Å²) in [7, 11) is 0. The van der Waals surface area contributed by atoms with Gasteiger partial charge in [-0.15, -0.1) is 37.2 Å². The fourth-order valence-electron chi connectivity index (χ4n) is 4.69. The molecule has 1 unspecified atom stereocenters. The van der Waals surface area contributed by atoms with E-state index in [2.05, 4.69) is 37.7 Å². The van der Waals surface area contributed by atoms with Crippen molar-refractivity contribution >= 4 is 71.3 Å². The molecule has 0 spiro atoms.